The van der Waals surface area contributed by atoms with Crippen LogP contribution in [-0.4, -0.2) is 12.9 Å². The molecule has 110 valence electrons. The van der Waals surface area contributed by atoms with Gasteiger partial charge >= 0.3 is 0 Å². The van der Waals surface area contributed by atoms with E-state index >= 15 is 0 Å². The molecule has 0 atom stereocenters. The van der Waals surface area contributed by atoms with Crippen LogP contribution < -0.4 is 5.32 Å². The van der Waals surface area contributed by atoms with Gasteiger partial charge in [-0.25, -0.2) is 0 Å². The second-order valence-electron chi connectivity index (χ2n) is 4.99. The van der Waals surface area contributed by atoms with Gasteiger partial charge in [0.15, 0.2) is 0 Å². The Morgan fingerprint density at radius 3 is 2.36 bits per heavy atom. The fourth-order valence-electron chi connectivity index (χ4n) is 2.27. The highest BCUT2D eigenvalue weighted by Gasteiger charge is 2.16. The molecule has 1 heterocycles. The molecule has 2 aromatic carbocycles. The van der Waals surface area contributed by atoms with Crippen LogP contribution in [0.15, 0.2) is 83.2 Å². The molecule has 1 N–H and O–H groups in total. The second-order valence-corrected chi connectivity index (χ2v) is 4.99. The third-order valence-corrected chi connectivity index (χ3v) is 3.40. The zero-order chi connectivity index (χ0) is 15.2. The Morgan fingerprint density at radius 2 is 1.68 bits per heavy atom. The van der Waals surface area contributed by atoms with Gasteiger partial charge < -0.3 is 10.1 Å². The average molecular weight is 290 g/mol. The summed E-state index contributed by atoms with van der Waals surface area (Å²) >= 11 is 0. The Kier molecular flexibility index (Phi) is 4.35. The SMILES string of the molecule is COC1=CC(=NCc2ccccc2)N/C1=C\c1ccccc1. The third-order valence-electron chi connectivity index (χ3n) is 3.40. The molecule has 2 aromatic rings. The van der Waals surface area contributed by atoms with E-state index in [0.717, 1.165) is 22.9 Å². The van der Waals surface area contributed by atoms with Gasteiger partial charge in [-0.05, 0) is 17.2 Å². The summed E-state index contributed by atoms with van der Waals surface area (Å²) in [7, 11) is 1.67. The van der Waals surface area contributed by atoms with Crippen molar-refractivity contribution in [3.8, 4) is 0 Å². The Bertz CT molecular complexity index is 716. The van der Waals surface area contributed by atoms with Crippen molar-refractivity contribution in [1.29, 1.82) is 0 Å². The van der Waals surface area contributed by atoms with Crippen molar-refractivity contribution in [1.82, 2.24) is 5.32 Å². The standard InChI is InChI=1S/C19H18N2O/c1-22-18-13-19(20-14-16-10-6-3-7-11-16)21-17(18)12-15-8-4-2-5-9-15/h2-13H,14H2,1H3,(H,20,21)/b17-12-. The van der Waals surface area contributed by atoms with Crippen LogP contribution in [0.25, 0.3) is 6.08 Å². The zero-order valence-corrected chi connectivity index (χ0v) is 12.5. The number of aliphatic imine (C=N–C) groups is 1. The van der Waals surface area contributed by atoms with Gasteiger partial charge in [0.1, 0.15) is 11.6 Å². The molecule has 0 unspecified atom stereocenters. The number of benzene rings is 2. The van der Waals surface area contributed by atoms with Crippen molar-refractivity contribution in [2.75, 3.05) is 7.11 Å². The summed E-state index contributed by atoms with van der Waals surface area (Å²) < 4.78 is 5.43. The molecule has 1 aliphatic rings. The lowest BCUT2D eigenvalue weighted by atomic mass is 10.2. The molecule has 0 saturated heterocycles. The lowest BCUT2D eigenvalue weighted by Crippen LogP contribution is -2.15. The number of amidine groups is 1. The molecular formula is C19H18N2O. The van der Waals surface area contributed by atoms with Crippen molar-refractivity contribution in [2.24, 2.45) is 4.99 Å². The van der Waals surface area contributed by atoms with Gasteiger partial charge in [0.2, 0.25) is 0 Å². The lowest BCUT2D eigenvalue weighted by Gasteiger charge is -2.05. The predicted molar refractivity (Wildman–Crippen MR) is 90.2 cm³/mol. The molecule has 3 rings (SSSR count). The van der Waals surface area contributed by atoms with Crippen LogP contribution >= 0.6 is 0 Å². The number of nitrogens with zero attached hydrogens (tertiary/aromatic N) is 1. The van der Waals surface area contributed by atoms with E-state index in [0.29, 0.717) is 6.54 Å². The van der Waals surface area contributed by atoms with Crippen molar-refractivity contribution >= 4 is 11.9 Å². The summed E-state index contributed by atoms with van der Waals surface area (Å²) in [5.41, 5.74) is 3.24. The van der Waals surface area contributed by atoms with Gasteiger partial charge in [-0.3, -0.25) is 4.99 Å². The van der Waals surface area contributed by atoms with Crippen LogP contribution in [0.3, 0.4) is 0 Å². The Balaban J connectivity index is 1.77. The number of hydrogen-bond donors (Lipinski definition) is 1. The molecule has 1 aliphatic heterocycles. The topological polar surface area (TPSA) is 33.6 Å². The summed E-state index contributed by atoms with van der Waals surface area (Å²) in [6.07, 6.45) is 3.98. The highest BCUT2D eigenvalue weighted by molar-refractivity contribution is 5.99. The molecule has 0 aromatic heterocycles. The van der Waals surface area contributed by atoms with Crippen molar-refractivity contribution in [3.05, 3.63) is 89.3 Å². The van der Waals surface area contributed by atoms with Crippen LogP contribution in [0.4, 0.5) is 0 Å². The minimum atomic E-state index is 0.648. The van der Waals surface area contributed by atoms with Crippen LogP contribution in [0.1, 0.15) is 11.1 Å². The fourth-order valence-corrected chi connectivity index (χ4v) is 2.27. The van der Waals surface area contributed by atoms with Crippen molar-refractivity contribution < 1.29 is 4.74 Å². The Hall–Kier alpha value is -2.81. The molecule has 0 aliphatic carbocycles. The molecule has 0 saturated carbocycles. The molecule has 22 heavy (non-hydrogen) atoms. The summed E-state index contributed by atoms with van der Waals surface area (Å²) in [6, 6.07) is 20.3. The molecule has 0 radical (unpaired) electrons. The summed E-state index contributed by atoms with van der Waals surface area (Å²) in [4.78, 5) is 4.59. The number of rotatable bonds is 4. The van der Waals surface area contributed by atoms with Gasteiger partial charge in [0, 0.05) is 6.08 Å². The van der Waals surface area contributed by atoms with E-state index < -0.39 is 0 Å². The number of ether oxygens (including phenoxy) is 1. The molecular weight excluding hydrogens is 272 g/mol. The van der Waals surface area contributed by atoms with Gasteiger partial charge in [0.25, 0.3) is 0 Å². The van der Waals surface area contributed by atoms with Crippen LogP contribution in [-0.2, 0) is 11.3 Å². The van der Waals surface area contributed by atoms with Gasteiger partial charge in [-0.15, -0.1) is 0 Å². The van der Waals surface area contributed by atoms with E-state index in [-0.39, 0.29) is 0 Å². The monoisotopic (exact) mass is 290 g/mol. The van der Waals surface area contributed by atoms with Gasteiger partial charge in [-0.2, -0.15) is 0 Å². The Morgan fingerprint density at radius 1 is 1.00 bits per heavy atom. The van der Waals surface area contributed by atoms with Crippen molar-refractivity contribution in [2.45, 2.75) is 6.54 Å². The molecule has 0 fully saturated rings. The summed E-state index contributed by atoms with van der Waals surface area (Å²) in [6.45, 7) is 0.648. The third kappa shape index (κ3) is 3.44. The predicted octanol–water partition coefficient (Wildman–Crippen LogP) is 3.76. The van der Waals surface area contributed by atoms with Gasteiger partial charge in [0.05, 0.1) is 19.4 Å². The summed E-state index contributed by atoms with van der Waals surface area (Å²) in [5, 5.41) is 3.30. The maximum Gasteiger partial charge on any atom is 0.146 e. The normalized spacial score (nSPS) is 17.4. The first-order valence-corrected chi connectivity index (χ1v) is 7.23. The average Bonchev–Trinajstić information content (AvgIpc) is 2.97. The zero-order valence-electron chi connectivity index (χ0n) is 12.5. The highest BCUT2D eigenvalue weighted by Crippen LogP contribution is 2.18. The van der Waals surface area contributed by atoms with E-state index in [1.165, 1.54) is 5.56 Å². The van der Waals surface area contributed by atoms with Crippen LogP contribution in [0, 0.1) is 0 Å². The first kappa shape index (κ1) is 14.1. The number of nitrogens with one attached hydrogen (secondary N) is 1. The minimum Gasteiger partial charge on any atom is -0.494 e. The lowest BCUT2D eigenvalue weighted by molar-refractivity contribution is 0.302. The maximum atomic E-state index is 5.43. The number of hydrogen-bond acceptors (Lipinski definition) is 2. The Labute approximate surface area is 130 Å². The fraction of sp³-hybridized carbons (Fsp3) is 0.105. The first-order valence-electron chi connectivity index (χ1n) is 7.23. The van der Waals surface area contributed by atoms with Gasteiger partial charge in [-0.1, -0.05) is 60.7 Å². The maximum absolute atomic E-state index is 5.43. The van der Waals surface area contributed by atoms with E-state index in [1.807, 2.05) is 42.5 Å². The minimum absolute atomic E-state index is 0.648. The second kappa shape index (κ2) is 6.76. The molecule has 0 amide bonds. The largest absolute Gasteiger partial charge is 0.494 e. The highest BCUT2D eigenvalue weighted by atomic mass is 16.5. The number of methoxy groups -OCH3 is 1. The van der Waals surface area contributed by atoms with E-state index in [2.05, 4.69) is 40.7 Å². The van der Waals surface area contributed by atoms with E-state index in [4.69, 9.17) is 4.74 Å². The molecule has 0 spiro atoms. The summed E-state index contributed by atoms with van der Waals surface area (Å²) in [5.74, 6) is 1.62. The molecule has 0 bridgehead atoms. The van der Waals surface area contributed by atoms with Crippen LogP contribution in [0.5, 0.6) is 0 Å². The van der Waals surface area contributed by atoms with E-state index in [1.54, 1.807) is 7.11 Å². The quantitative estimate of drug-likeness (QED) is 0.930. The molecule has 3 heteroatoms. The van der Waals surface area contributed by atoms with Crippen LogP contribution in [0.2, 0.25) is 0 Å². The first-order chi connectivity index (χ1) is 10.8. The van der Waals surface area contributed by atoms with Crippen molar-refractivity contribution in [3.63, 3.8) is 0 Å². The molecule has 3 nitrogen and oxygen atoms in total. The van der Waals surface area contributed by atoms with E-state index in [9.17, 15) is 0 Å². The smallest absolute Gasteiger partial charge is 0.146 e.